The number of rotatable bonds is 6. The van der Waals surface area contributed by atoms with E-state index >= 15 is 0 Å². The van der Waals surface area contributed by atoms with Crippen LogP contribution in [0.2, 0.25) is 0 Å². The van der Waals surface area contributed by atoms with Gasteiger partial charge in [-0.15, -0.1) is 0 Å². The summed E-state index contributed by atoms with van der Waals surface area (Å²) in [6.07, 6.45) is 2.26. The molecule has 0 saturated carbocycles. The van der Waals surface area contributed by atoms with Crippen LogP contribution in [0.3, 0.4) is 0 Å². The van der Waals surface area contributed by atoms with Crippen LogP contribution in [0, 0.1) is 11.3 Å². The molecule has 1 saturated heterocycles. The van der Waals surface area contributed by atoms with E-state index in [4.69, 9.17) is 10.5 Å². The average Bonchev–Trinajstić information content (AvgIpc) is 2.54. The molecule has 0 spiro atoms. The number of piperidine rings is 1. The summed E-state index contributed by atoms with van der Waals surface area (Å²) in [4.78, 5) is 14.7. The third-order valence-corrected chi connectivity index (χ3v) is 4.42. The summed E-state index contributed by atoms with van der Waals surface area (Å²) < 4.78 is 5.49. The van der Waals surface area contributed by atoms with Gasteiger partial charge < -0.3 is 15.4 Å². The Morgan fingerprint density at radius 2 is 1.91 bits per heavy atom. The number of esters is 1. The molecule has 2 rings (SSSR count). The maximum absolute atomic E-state index is 12.4. The summed E-state index contributed by atoms with van der Waals surface area (Å²) in [6.45, 7) is 7.85. The predicted octanol–water partition coefficient (Wildman–Crippen LogP) is 2.43. The van der Waals surface area contributed by atoms with Gasteiger partial charge >= 0.3 is 5.97 Å². The molecular weight excluding hydrogens is 276 g/mol. The van der Waals surface area contributed by atoms with Crippen molar-refractivity contribution in [2.45, 2.75) is 33.3 Å². The Labute approximate surface area is 133 Å². The largest absolute Gasteiger partial charge is 0.460 e. The highest BCUT2D eigenvalue weighted by Crippen LogP contribution is 2.24. The summed E-state index contributed by atoms with van der Waals surface area (Å²) in [5.41, 5.74) is 6.27. The minimum absolute atomic E-state index is 0.127. The SMILES string of the molecule is CC(C)(CN1CCC(CN)CC1)C(=O)OCc1ccccc1. The van der Waals surface area contributed by atoms with Gasteiger partial charge in [-0.25, -0.2) is 0 Å². The summed E-state index contributed by atoms with van der Waals surface area (Å²) in [6, 6.07) is 9.81. The lowest BCUT2D eigenvalue weighted by atomic mass is 9.90. The molecule has 0 amide bonds. The zero-order valence-electron chi connectivity index (χ0n) is 13.8. The zero-order valence-corrected chi connectivity index (χ0v) is 13.8. The summed E-state index contributed by atoms with van der Waals surface area (Å²) in [5.74, 6) is 0.515. The molecule has 122 valence electrons. The fourth-order valence-electron chi connectivity index (χ4n) is 2.92. The highest BCUT2D eigenvalue weighted by Gasteiger charge is 2.33. The number of likely N-dealkylation sites (tertiary alicyclic amines) is 1. The Morgan fingerprint density at radius 1 is 1.27 bits per heavy atom. The van der Waals surface area contributed by atoms with Crippen molar-refractivity contribution in [3.05, 3.63) is 35.9 Å². The normalized spacial score (nSPS) is 17.4. The number of carbonyl (C=O) groups excluding carboxylic acids is 1. The fourth-order valence-corrected chi connectivity index (χ4v) is 2.92. The van der Waals surface area contributed by atoms with E-state index in [1.54, 1.807) is 0 Å². The first-order valence-electron chi connectivity index (χ1n) is 8.15. The number of nitrogens with zero attached hydrogens (tertiary/aromatic N) is 1. The Kier molecular flexibility index (Phi) is 5.98. The second-order valence-electron chi connectivity index (χ2n) is 6.90. The van der Waals surface area contributed by atoms with Crippen LogP contribution in [0.15, 0.2) is 30.3 Å². The third-order valence-electron chi connectivity index (χ3n) is 4.42. The van der Waals surface area contributed by atoms with Crippen molar-refractivity contribution in [2.75, 3.05) is 26.2 Å². The number of benzene rings is 1. The summed E-state index contributed by atoms with van der Waals surface area (Å²) in [7, 11) is 0. The van der Waals surface area contributed by atoms with E-state index in [1.807, 2.05) is 44.2 Å². The van der Waals surface area contributed by atoms with Gasteiger partial charge in [0.2, 0.25) is 0 Å². The Morgan fingerprint density at radius 3 is 2.50 bits per heavy atom. The molecule has 1 heterocycles. The Balaban J connectivity index is 1.80. The van der Waals surface area contributed by atoms with E-state index in [0.29, 0.717) is 12.5 Å². The lowest BCUT2D eigenvalue weighted by molar-refractivity contribution is -0.156. The molecule has 2 N–H and O–H groups in total. The number of hydrogen-bond acceptors (Lipinski definition) is 4. The van der Waals surface area contributed by atoms with Gasteiger partial charge in [-0.3, -0.25) is 4.79 Å². The molecule has 1 aromatic rings. The van der Waals surface area contributed by atoms with Crippen LogP contribution in [0.4, 0.5) is 0 Å². The molecule has 0 aliphatic carbocycles. The smallest absolute Gasteiger partial charge is 0.313 e. The highest BCUT2D eigenvalue weighted by molar-refractivity contribution is 5.76. The number of hydrogen-bond donors (Lipinski definition) is 1. The zero-order chi connectivity index (χ0) is 16.0. The van der Waals surface area contributed by atoms with Crippen molar-refractivity contribution >= 4 is 5.97 Å². The first-order valence-corrected chi connectivity index (χ1v) is 8.15. The van der Waals surface area contributed by atoms with Crippen molar-refractivity contribution in [1.82, 2.24) is 4.90 Å². The van der Waals surface area contributed by atoms with Crippen molar-refractivity contribution in [3.8, 4) is 0 Å². The lowest BCUT2D eigenvalue weighted by Crippen LogP contribution is -2.44. The van der Waals surface area contributed by atoms with E-state index in [-0.39, 0.29) is 5.97 Å². The van der Waals surface area contributed by atoms with Gasteiger partial charge in [-0.2, -0.15) is 0 Å². The monoisotopic (exact) mass is 304 g/mol. The highest BCUT2D eigenvalue weighted by atomic mass is 16.5. The van der Waals surface area contributed by atoms with Gasteiger partial charge in [0.25, 0.3) is 0 Å². The summed E-state index contributed by atoms with van der Waals surface area (Å²) in [5, 5.41) is 0. The van der Waals surface area contributed by atoms with Crippen molar-refractivity contribution in [2.24, 2.45) is 17.1 Å². The van der Waals surface area contributed by atoms with Crippen LogP contribution in [-0.2, 0) is 16.1 Å². The maximum Gasteiger partial charge on any atom is 0.313 e. The van der Waals surface area contributed by atoms with Gasteiger partial charge in [-0.05, 0) is 57.8 Å². The van der Waals surface area contributed by atoms with Crippen molar-refractivity contribution in [1.29, 1.82) is 0 Å². The van der Waals surface area contributed by atoms with Gasteiger partial charge in [0.05, 0.1) is 5.41 Å². The fraction of sp³-hybridized carbons (Fsp3) is 0.611. The first-order chi connectivity index (χ1) is 10.5. The standard InChI is InChI=1S/C18H28N2O2/c1-18(2,14-20-10-8-15(12-19)9-11-20)17(21)22-13-16-6-4-3-5-7-16/h3-7,15H,8-14,19H2,1-2H3. The number of carbonyl (C=O) groups is 1. The molecule has 0 atom stereocenters. The first kappa shape index (κ1) is 17.0. The second-order valence-corrected chi connectivity index (χ2v) is 6.90. The molecule has 4 nitrogen and oxygen atoms in total. The lowest BCUT2D eigenvalue weighted by Gasteiger charge is -2.36. The maximum atomic E-state index is 12.4. The molecular formula is C18H28N2O2. The molecule has 1 aromatic carbocycles. The van der Waals surface area contributed by atoms with E-state index in [9.17, 15) is 4.79 Å². The Bertz CT molecular complexity index is 465. The van der Waals surface area contributed by atoms with Crippen molar-refractivity contribution in [3.63, 3.8) is 0 Å². The van der Waals surface area contributed by atoms with E-state index < -0.39 is 5.41 Å². The average molecular weight is 304 g/mol. The van der Waals surface area contributed by atoms with Crippen molar-refractivity contribution < 1.29 is 9.53 Å². The molecule has 22 heavy (non-hydrogen) atoms. The van der Waals surface area contributed by atoms with Crippen LogP contribution in [-0.4, -0.2) is 37.0 Å². The third kappa shape index (κ3) is 4.82. The van der Waals surface area contributed by atoms with Gasteiger partial charge in [0.1, 0.15) is 6.61 Å². The number of ether oxygens (including phenoxy) is 1. The molecule has 0 aromatic heterocycles. The molecule has 0 radical (unpaired) electrons. The predicted molar refractivity (Wildman–Crippen MR) is 88.2 cm³/mol. The molecule has 1 fully saturated rings. The quantitative estimate of drug-likeness (QED) is 0.820. The molecule has 0 unspecified atom stereocenters. The van der Waals surface area contributed by atoms with E-state index in [2.05, 4.69) is 4.90 Å². The van der Waals surface area contributed by atoms with Gasteiger partial charge in [0.15, 0.2) is 0 Å². The minimum atomic E-state index is -0.482. The van der Waals surface area contributed by atoms with E-state index in [1.165, 1.54) is 0 Å². The van der Waals surface area contributed by atoms with Crippen LogP contribution in [0.1, 0.15) is 32.3 Å². The Hall–Kier alpha value is -1.39. The topological polar surface area (TPSA) is 55.6 Å². The minimum Gasteiger partial charge on any atom is -0.460 e. The molecule has 1 aliphatic heterocycles. The molecule has 1 aliphatic rings. The molecule has 0 bridgehead atoms. The van der Waals surface area contributed by atoms with Gasteiger partial charge in [0, 0.05) is 6.54 Å². The van der Waals surface area contributed by atoms with Crippen LogP contribution in [0.25, 0.3) is 0 Å². The number of nitrogens with two attached hydrogens (primary N) is 1. The van der Waals surface area contributed by atoms with Crippen LogP contribution < -0.4 is 5.73 Å². The summed E-state index contributed by atoms with van der Waals surface area (Å²) >= 11 is 0. The second kappa shape index (κ2) is 7.75. The van der Waals surface area contributed by atoms with E-state index in [0.717, 1.165) is 44.6 Å². The van der Waals surface area contributed by atoms with Crippen LogP contribution >= 0.6 is 0 Å². The molecule has 4 heteroatoms. The van der Waals surface area contributed by atoms with Gasteiger partial charge in [-0.1, -0.05) is 30.3 Å². The van der Waals surface area contributed by atoms with Crippen LogP contribution in [0.5, 0.6) is 0 Å².